The van der Waals surface area contributed by atoms with Crippen molar-refractivity contribution in [3.8, 4) is 0 Å². The molecule has 19 heavy (non-hydrogen) atoms. The van der Waals surface area contributed by atoms with Crippen LogP contribution in [0.4, 0.5) is 0 Å². The van der Waals surface area contributed by atoms with Gasteiger partial charge in [0, 0.05) is 6.54 Å². The lowest BCUT2D eigenvalue weighted by Crippen LogP contribution is -2.25. The van der Waals surface area contributed by atoms with E-state index in [4.69, 9.17) is 0 Å². The zero-order valence-electron chi connectivity index (χ0n) is 12.6. The van der Waals surface area contributed by atoms with Gasteiger partial charge in [0.05, 0.1) is 0 Å². The Bertz CT molecular complexity index is 443. The van der Waals surface area contributed by atoms with Crippen LogP contribution in [0, 0.1) is 38.5 Å². The van der Waals surface area contributed by atoms with Crippen LogP contribution in [-0.4, -0.2) is 6.54 Å². The second-order valence-electron chi connectivity index (χ2n) is 6.83. The number of aryl methyl sites for hydroxylation is 3. The lowest BCUT2D eigenvalue weighted by molar-refractivity contribution is 0.378. The predicted octanol–water partition coefficient (Wildman–Crippen LogP) is 4.14. The van der Waals surface area contributed by atoms with Gasteiger partial charge in [-0.2, -0.15) is 0 Å². The van der Waals surface area contributed by atoms with Crippen molar-refractivity contribution in [1.29, 1.82) is 0 Å². The van der Waals surface area contributed by atoms with E-state index in [1.165, 1.54) is 54.5 Å². The Kier molecular flexibility index (Phi) is 3.66. The van der Waals surface area contributed by atoms with Crippen LogP contribution in [0.5, 0.6) is 0 Å². The Labute approximate surface area is 117 Å². The van der Waals surface area contributed by atoms with E-state index in [0.29, 0.717) is 0 Å². The van der Waals surface area contributed by atoms with E-state index >= 15 is 0 Å². The summed E-state index contributed by atoms with van der Waals surface area (Å²) in [5, 5.41) is 3.73. The smallest absolute Gasteiger partial charge is 0.0208 e. The number of rotatable bonds is 6. The summed E-state index contributed by atoms with van der Waals surface area (Å²) in [6.45, 7) is 8.94. The minimum absolute atomic E-state index is 0.979. The highest BCUT2D eigenvalue weighted by molar-refractivity contribution is 5.36. The molecular formula is C18H27N. The SMILES string of the molecule is Cc1cc(C)c(CNCC(C2CC2)C2CC2)cc1C. The molecule has 0 aliphatic heterocycles. The molecule has 0 heterocycles. The van der Waals surface area contributed by atoms with E-state index in [0.717, 1.165) is 24.3 Å². The molecule has 2 aliphatic carbocycles. The summed E-state index contributed by atoms with van der Waals surface area (Å²) >= 11 is 0. The van der Waals surface area contributed by atoms with Crippen LogP contribution in [0.1, 0.15) is 47.9 Å². The van der Waals surface area contributed by atoms with Gasteiger partial charge in [0.1, 0.15) is 0 Å². The van der Waals surface area contributed by atoms with Crippen LogP contribution in [-0.2, 0) is 6.54 Å². The molecule has 2 saturated carbocycles. The van der Waals surface area contributed by atoms with Gasteiger partial charge in [-0.15, -0.1) is 0 Å². The molecule has 2 aliphatic rings. The van der Waals surface area contributed by atoms with Crippen molar-refractivity contribution in [3.63, 3.8) is 0 Å². The average molecular weight is 257 g/mol. The Balaban J connectivity index is 1.55. The van der Waals surface area contributed by atoms with E-state index in [9.17, 15) is 0 Å². The summed E-state index contributed by atoms with van der Waals surface area (Å²) in [5.41, 5.74) is 5.75. The molecule has 0 unspecified atom stereocenters. The van der Waals surface area contributed by atoms with Crippen LogP contribution in [0.15, 0.2) is 12.1 Å². The largest absolute Gasteiger partial charge is 0.312 e. The highest BCUT2D eigenvalue weighted by atomic mass is 14.9. The molecule has 1 nitrogen and oxygen atoms in total. The van der Waals surface area contributed by atoms with Crippen molar-refractivity contribution in [3.05, 3.63) is 34.4 Å². The van der Waals surface area contributed by atoms with Gasteiger partial charge in [-0.1, -0.05) is 12.1 Å². The molecule has 0 bridgehead atoms. The number of nitrogens with one attached hydrogen (secondary N) is 1. The fraction of sp³-hybridized carbons (Fsp3) is 0.667. The topological polar surface area (TPSA) is 12.0 Å². The third-order valence-electron chi connectivity index (χ3n) is 5.10. The lowest BCUT2D eigenvalue weighted by Gasteiger charge is -2.17. The van der Waals surface area contributed by atoms with Gasteiger partial charge in [0.2, 0.25) is 0 Å². The molecule has 0 aromatic heterocycles. The fourth-order valence-corrected chi connectivity index (χ4v) is 3.35. The maximum absolute atomic E-state index is 3.73. The first-order chi connectivity index (χ1) is 9.15. The first-order valence-corrected chi connectivity index (χ1v) is 7.92. The Morgan fingerprint density at radius 1 is 0.947 bits per heavy atom. The first-order valence-electron chi connectivity index (χ1n) is 7.92. The van der Waals surface area contributed by atoms with Crippen molar-refractivity contribution in [1.82, 2.24) is 5.32 Å². The molecule has 3 rings (SSSR count). The summed E-state index contributed by atoms with van der Waals surface area (Å²) in [5.74, 6) is 3.09. The molecule has 1 aromatic carbocycles. The van der Waals surface area contributed by atoms with Gasteiger partial charge >= 0.3 is 0 Å². The number of benzene rings is 1. The van der Waals surface area contributed by atoms with Crippen LogP contribution < -0.4 is 5.32 Å². The Hall–Kier alpha value is -0.820. The minimum atomic E-state index is 0.979. The summed E-state index contributed by atoms with van der Waals surface area (Å²) in [4.78, 5) is 0. The van der Waals surface area contributed by atoms with Crippen LogP contribution in [0.3, 0.4) is 0 Å². The lowest BCUT2D eigenvalue weighted by atomic mass is 9.97. The van der Waals surface area contributed by atoms with Gasteiger partial charge in [0.25, 0.3) is 0 Å². The average Bonchev–Trinajstić information content (AvgIpc) is 3.24. The van der Waals surface area contributed by atoms with Gasteiger partial charge in [-0.25, -0.2) is 0 Å². The summed E-state index contributed by atoms with van der Waals surface area (Å²) in [6, 6.07) is 4.69. The van der Waals surface area contributed by atoms with Crippen LogP contribution in [0.25, 0.3) is 0 Å². The van der Waals surface area contributed by atoms with E-state index in [1.54, 1.807) is 0 Å². The molecule has 0 amide bonds. The third-order valence-corrected chi connectivity index (χ3v) is 5.10. The van der Waals surface area contributed by atoms with E-state index < -0.39 is 0 Å². The molecule has 0 saturated heterocycles. The second-order valence-corrected chi connectivity index (χ2v) is 6.83. The van der Waals surface area contributed by atoms with Gasteiger partial charge < -0.3 is 5.32 Å². The van der Waals surface area contributed by atoms with E-state index in [-0.39, 0.29) is 0 Å². The normalized spacial score (nSPS) is 19.2. The summed E-state index contributed by atoms with van der Waals surface area (Å²) in [6.07, 6.45) is 5.97. The van der Waals surface area contributed by atoms with Gasteiger partial charge in [-0.05, 0) is 93.0 Å². The van der Waals surface area contributed by atoms with Crippen molar-refractivity contribution in [2.24, 2.45) is 17.8 Å². The van der Waals surface area contributed by atoms with Crippen molar-refractivity contribution >= 4 is 0 Å². The van der Waals surface area contributed by atoms with Crippen molar-refractivity contribution in [2.75, 3.05) is 6.54 Å². The molecular weight excluding hydrogens is 230 g/mol. The maximum Gasteiger partial charge on any atom is 0.0208 e. The number of hydrogen-bond acceptors (Lipinski definition) is 1. The summed E-state index contributed by atoms with van der Waals surface area (Å²) < 4.78 is 0. The third kappa shape index (κ3) is 3.20. The summed E-state index contributed by atoms with van der Waals surface area (Å²) in [7, 11) is 0. The zero-order chi connectivity index (χ0) is 13.4. The quantitative estimate of drug-likeness (QED) is 0.807. The van der Waals surface area contributed by atoms with Crippen LogP contribution in [0.2, 0.25) is 0 Å². The fourth-order valence-electron chi connectivity index (χ4n) is 3.35. The number of hydrogen-bond donors (Lipinski definition) is 1. The monoisotopic (exact) mass is 257 g/mol. The molecule has 1 heteroatoms. The van der Waals surface area contributed by atoms with Gasteiger partial charge in [-0.3, -0.25) is 0 Å². The maximum atomic E-state index is 3.73. The Morgan fingerprint density at radius 2 is 1.53 bits per heavy atom. The molecule has 2 fully saturated rings. The molecule has 0 radical (unpaired) electrons. The van der Waals surface area contributed by atoms with E-state index in [1.807, 2.05) is 0 Å². The molecule has 104 valence electrons. The van der Waals surface area contributed by atoms with Crippen molar-refractivity contribution < 1.29 is 0 Å². The highest BCUT2D eigenvalue weighted by Crippen LogP contribution is 2.48. The standard InChI is InChI=1S/C18H27N/c1-12-8-14(3)17(9-13(12)2)10-19-11-18(15-4-5-15)16-6-7-16/h8-9,15-16,18-19H,4-7,10-11H2,1-3H3. The molecule has 1 N–H and O–H groups in total. The van der Waals surface area contributed by atoms with Crippen molar-refractivity contribution in [2.45, 2.75) is 53.0 Å². The van der Waals surface area contributed by atoms with Crippen LogP contribution >= 0.6 is 0 Å². The first kappa shape index (κ1) is 13.2. The zero-order valence-corrected chi connectivity index (χ0v) is 12.6. The minimum Gasteiger partial charge on any atom is -0.312 e. The highest BCUT2D eigenvalue weighted by Gasteiger charge is 2.40. The molecule has 1 aromatic rings. The van der Waals surface area contributed by atoms with E-state index in [2.05, 4.69) is 38.2 Å². The molecule has 0 spiro atoms. The molecule has 0 atom stereocenters. The second kappa shape index (κ2) is 5.28. The van der Waals surface area contributed by atoms with Gasteiger partial charge in [0.15, 0.2) is 0 Å². The Morgan fingerprint density at radius 3 is 2.11 bits per heavy atom. The predicted molar refractivity (Wildman–Crippen MR) is 81.3 cm³/mol.